The molecule has 1 aliphatic heterocycles. The van der Waals surface area contributed by atoms with Crippen LogP contribution in [-0.4, -0.2) is 41.6 Å². The lowest BCUT2D eigenvalue weighted by atomic mass is 10.1. The van der Waals surface area contributed by atoms with Gasteiger partial charge in [-0.15, -0.1) is 0 Å². The van der Waals surface area contributed by atoms with Crippen LogP contribution in [0, 0.1) is 0 Å². The van der Waals surface area contributed by atoms with Crippen LogP contribution in [0.5, 0.6) is 11.6 Å². The van der Waals surface area contributed by atoms with E-state index in [1.807, 2.05) is 30.3 Å². The van der Waals surface area contributed by atoms with Gasteiger partial charge in [0, 0.05) is 12.3 Å². The number of hydrogen-bond donors (Lipinski definition) is 0. The summed E-state index contributed by atoms with van der Waals surface area (Å²) in [5.74, 6) is 1.16. The highest BCUT2D eigenvalue weighted by molar-refractivity contribution is 6.30. The highest BCUT2D eigenvalue weighted by Gasteiger charge is 2.32. The zero-order valence-corrected chi connectivity index (χ0v) is 12.6. The monoisotopic (exact) mass is 318 g/mol. The molecule has 0 spiro atoms. The summed E-state index contributed by atoms with van der Waals surface area (Å²) in [5, 5.41) is 0.566. The first-order valence-corrected chi connectivity index (χ1v) is 7.32. The molecule has 114 valence electrons. The molecule has 0 aliphatic carbocycles. The van der Waals surface area contributed by atoms with E-state index in [-0.39, 0.29) is 18.6 Å². The molecule has 1 fully saturated rings. The van der Waals surface area contributed by atoms with Gasteiger partial charge in [-0.05, 0) is 18.2 Å². The summed E-state index contributed by atoms with van der Waals surface area (Å²) in [6, 6.07) is 12.7. The van der Waals surface area contributed by atoms with Gasteiger partial charge < -0.3 is 14.4 Å². The molecule has 0 atom stereocenters. The van der Waals surface area contributed by atoms with E-state index in [0.29, 0.717) is 29.7 Å². The fraction of sp³-hybridized carbons (Fsp3) is 0.250. The third kappa shape index (κ3) is 3.68. The van der Waals surface area contributed by atoms with Crippen LogP contribution < -0.4 is 9.47 Å². The molecular formula is C16H15ClN2O3. The van der Waals surface area contributed by atoms with Gasteiger partial charge in [-0.1, -0.05) is 29.8 Å². The van der Waals surface area contributed by atoms with Gasteiger partial charge in [0.05, 0.1) is 18.1 Å². The Morgan fingerprint density at radius 1 is 1.23 bits per heavy atom. The number of para-hydroxylation sites is 1. The maximum absolute atomic E-state index is 12.0. The lowest BCUT2D eigenvalue weighted by Gasteiger charge is -2.38. The van der Waals surface area contributed by atoms with Crippen LogP contribution in [0.1, 0.15) is 0 Å². The molecule has 1 aromatic heterocycles. The molecule has 6 heteroatoms. The molecule has 1 amide bonds. The summed E-state index contributed by atoms with van der Waals surface area (Å²) >= 11 is 5.76. The van der Waals surface area contributed by atoms with Gasteiger partial charge in [0.2, 0.25) is 5.88 Å². The maximum Gasteiger partial charge on any atom is 0.260 e. The second-order valence-electron chi connectivity index (χ2n) is 4.95. The number of nitrogens with zero attached hydrogens (tertiary/aromatic N) is 2. The molecule has 0 radical (unpaired) electrons. The topological polar surface area (TPSA) is 51.7 Å². The molecule has 1 saturated heterocycles. The Labute approximate surface area is 133 Å². The van der Waals surface area contributed by atoms with E-state index >= 15 is 0 Å². The van der Waals surface area contributed by atoms with E-state index in [2.05, 4.69) is 4.98 Å². The number of amides is 1. The van der Waals surface area contributed by atoms with Crippen molar-refractivity contribution in [1.29, 1.82) is 0 Å². The number of benzene rings is 1. The predicted molar refractivity (Wildman–Crippen MR) is 82.2 cm³/mol. The van der Waals surface area contributed by atoms with Crippen LogP contribution in [0.15, 0.2) is 48.7 Å². The number of ether oxygens (including phenoxy) is 2. The number of halogens is 1. The van der Waals surface area contributed by atoms with Gasteiger partial charge in [-0.25, -0.2) is 4.98 Å². The second-order valence-corrected chi connectivity index (χ2v) is 5.39. The fourth-order valence-electron chi connectivity index (χ4n) is 2.07. The van der Waals surface area contributed by atoms with E-state index < -0.39 is 0 Å². The third-order valence-electron chi connectivity index (χ3n) is 3.29. The van der Waals surface area contributed by atoms with Crippen molar-refractivity contribution in [2.24, 2.45) is 0 Å². The summed E-state index contributed by atoms with van der Waals surface area (Å²) in [5.41, 5.74) is 0. The van der Waals surface area contributed by atoms with Crippen molar-refractivity contribution in [2.45, 2.75) is 6.10 Å². The van der Waals surface area contributed by atoms with E-state index in [4.69, 9.17) is 21.1 Å². The van der Waals surface area contributed by atoms with E-state index in [9.17, 15) is 4.79 Å². The van der Waals surface area contributed by atoms with Gasteiger partial charge in [-0.2, -0.15) is 0 Å². The Morgan fingerprint density at radius 2 is 2.00 bits per heavy atom. The third-order valence-corrected chi connectivity index (χ3v) is 3.52. The molecule has 1 aromatic carbocycles. The molecular weight excluding hydrogens is 304 g/mol. The summed E-state index contributed by atoms with van der Waals surface area (Å²) in [6.45, 7) is 1.12. The first kappa shape index (κ1) is 14.7. The molecule has 2 heterocycles. The largest absolute Gasteiger partial charge is 0.484 e. The Morgan fingerprint density at radius 3 is 2.68 bits per heavy atom. The minimum absolute atomic E-state index is 0.0330. The molecule has 0 N–H and O–H groups in total. The van der Waals surface area contributed by atoms with Crippen LogP contribution in [-0.2, 0) is 4.79 Å². The van der Waals surface area contributed by atoms with Gasteiger partial charge in [-0.3, -0.25) is 4.79 Å². The number of rotatable bonds is 5. The number of carbonyl (C=O) groups excluding carboxylic acids is 1. The summed E-state index contributed by atoms with van der Waals surface area (Å²) in [6.07, 6.45) is 1.50. The summed E-state index contributed by atoms with van der Waals surface area (Å²) < 4.78 is 11.1. The minimum atomic E-state index is -0.0484. The van der Waals surface area contributed by atoms with Crippen molar-refractivity contribution in [3.63, 3.8) is 0 Å². The highest BCUT2D eigenvalue weighted by Crippen LogP contribution is 2.18. The lowest BCUT2D eigenvalue weighted by Crippen LogP contribution is -2.57. The van der Waals surface area contributed by atoms with Gasteiger partial charge in [0.25, 0.3) is 5.91 Å². The fourth-order valence-corrected chi connectivity index (χ4v) is 2.18. The first-order valence-electron chi connectivity index (χ1n) is 6.94. The number of pyridine rings is 1. The first-order chi connectivity index (χ1) is 10.7. The van der Waals surface area contributed by atoms with Crippen molar-refractivity contribution < 1.29 is 14.3 Å². The van der Waals surface area contributed by atoms with Crippen LogP contribution in [0.2, 0.25) is 5.02 Å². The van der Waals surface area contributed by atoms with Crippen molar-refractivity contribution in [3.05, 3.63) is 53.7 Å². The molecule has 0 bridgehead atoms. The average Bonchev–Trinajstić information content (AvgIpc) is 2.51. The number of aromatic nitrogens is 1. The van der Waals surface area contributed by atoms with E-state index in [0.717, 1.165) is 0 Å². The lowest BCUT2D eigenvalue weighted by molar-refractivity contribution is -0.142. The molecule has 0 saturated carbocycles. The van der Waals surface area contributed by atoms with Crippen molar-refractivity contribution in [2.75, 3.05) is 19.7 Å². The number of likely N-dealkylation sites (tertiary alicyclic amines) is 1. The van der Waals surface area contributed by atoms with Crippen molar-refractivity contribution in [1.82, 2.24) is 9.88 Å². The second kappa shape index (κ2) is 6.66. The van der Waals surface area contributed by atoms with Gasteiger partial charge in [0.15, 0.2) is 6.61 Å². The smallest absolute Gasteiger partial charge is 0.260 e. The van der Waals surface area contributed by atoms with Crippen molar-refractivity contribution >= 4 is 17.5 Å². The molecule has 22 heavy (non-hydrogen) atoms. The Hall–Kier alpha value is -2.27. The van der Waals surface area contributed by atoms with E-state index in [1.54, 1.807) is 17.0 Å². The normalized spacial score (nSPS) is 14.3. The Kier molecular flexibility index (Phi) is 4.44. The van der Waals surface area contributed by atoms with E-state index in [1.165, 1.54) is 6.20 Å². The van der Waals surface area contributed by atoms with Crippen molar-refractivity contribution in [3.8, 4) is 11.6 Å². The number of hydrogen-bond acceptors (Lipinski definition) is 4. The SMILES string of the molecule is O=C(COc1ccccc1)N1CC(Oc2ccc(Cl)cn2)C1. The molecule has 3 rings (SSSR count). The molecule has 0 unspecified atom stereocenters. The predicted octanol–water partition coefficient (Wildman–Crippen LogP) is 2.40. The summed E-state index contributed by atoms with van der Waals surface area (Å²) in [4.78, 5) is 17.7. The Balaban J connectivity index is 1.41. The van der Waals surface area contributed by atoms with Crippen LogP contribution in [0.3, 0.4) is 0 Å². The van der Waals surface area contributed by atoms with Gasteiger partial charge in [0.1, 0.15) is 11.9 Å². The molecule has 5 nitrogen and oxygen atoms in total. The van der Waals surface area contributed by atoms with Crippen LogP contribution in [0.4, 0.5) is 0 Å². The minimum Gasteiger partial charge on any atom is -0.484 e. The summed E-state index contributed by atoms with van der Waals surface area (Å²) in [7, 11) is 0. The quantitative estimate of drug-likeness (QED) is 0.849. The van der Waals surface area contributed by atoms with Crippen LogP contribution in [0.25, 0.3) is 0 Å². The molecule has 2 aromatic rings. The van der Waals surface area contributed by atoms with Gasteiger partial charge >= 0.3 is 0 Å². The molecule has 1 aliphatic rings. The maximum atomic E-state index is 12.0. The highest BCUT2D eigenvalue weighted by atomic mass is 35.5. The Bertz CT molecular complexity index is 628. The van der Waals surface area contributed by atoms with Crippen LogP contribution >= 0.6 is 11.6 Å². The number of carbonyl (C=O) groups is 1. The average molecular weight is 319 g/mol. The standard InChI is InChI=1S/C16H15ClN2O3/c17-12-6-7-15(18-8-12)22-14-9-19(10-14)16(20)11-21-13-4-2-1-3-5-13/h1-8,14H,9-11H2. The zero-order chi connectivity index (χ0) is 15.4. The zero-order valence-electron chi connectivity index (χ0n) is 11.8.